The van der Waals surface area contributed by atoms with Crippen LogP contribution in [0.2, 0.25) is 0 Å². The lowest BCUT2D eigenvalue weighted by atomic mass is 10.0. The molecule has 0 N–H and O–H groups in total. The highest BCUT2D eigenvalue weighted by molar-refractivity contribution is 9.09. The molecule has 0 aliphatic heterocycles. The van der Waals surface area contributed by atoms with E-state index in [1.54, 1.807) is 30.3 Å². The first-order chi connectivity index (χ1) is 9.82. The van der Waals surface area contributed by atoms with Crippen LogP contribution in [0.3, 0.4) is 0 Å². The maximum Gasteiger partial charge on any atom is 0.175 e. The van der Waals surface area contributed by atoms with Crippen molar-refractivity contribution >= 4 is 25.8 Å². The normalized spacial score (nSPS) is 13.0. The van der Waals surface area contributed by atoms with Gasteiger partial charge in [-0.15, -0.1) is 0 Å². The highest BCUT2D eigenvalue weighted by atomic mass is 79.9. The Labute approximate surface area is 131 Å². The SMILES string of the molecule is COc1ccc(C(Br)c2cccc(S(C)(=O)=O)c2)cc1F. The molecule has 112 valence electrons. The predicted molar refractivity (Wildman–Crippen MR) is 83.3 cm³/mol. The van der Waals surface area contributed by atoms with E-state index in [0.717, 1.165) is 11.8 Å². The van der Waals surface area contributed by atoms with Crippen molar-refractivity contribution in [3.8, 4) is 5.75 Å². The van der Waals surface area contributed by atoms with Gasteiger partial charge in [0.25, 0.3) is 0 Å². The van der Waals surface area contributed by atoms with E-state index >= 15 is 0 Å². The second kappa shape index (κ2) is 6.15. The molecule has 1 unspecified atom stereocenters. The number of ether oxygens (including phenoxy) is 1. The highest BCUT2D eigenvalue weighted by Crippen LogP contribution is 2.33. The maximum absolute atomic E-state index is 13.8. The second-order valence-electron chi connectivity index (χ2n) is 4.60. The molecule has 21 heavy (non-hydrogen) atoms. The molecule has 0 amide bonds. The van der Waals surface area contributed by atoms with Gasteiger partial charge >= 0.3 is 0 Å². The Balaban J connectivity index is 2.40. The first-order valence-corrected chi connectivity index (χ1v) is 8.91. The molecule has 0 saturated heterocycles. The molecule has 0 bridgehead atoms. The first kappa shape index (κ1) is 16.0. The molecule has 0 fully saturated rings. The van der Waals surface area contributed by atoms with Crippen molar-refractivity contribution in [3.63, 3.8) is 0 Å². The summed E-state index contributed by atoms with van der Waals surface area (Å²) in [6, 6.07) is 11.2. The second-order valence-corrected chi connectivity index (χ2v) is 7.53. The summed E-state index contributed by atoms with van der Waals surface area (Å²) in [7, 11) is -1.87. The summed E-state index contributed by atoms with van der Waals surface area (Å²) in [6.45, 7) is 0. The van der Waals surface area contributed by atoms with Crippen molar-refractivity contribution in [3.05, 3.63) is 59.4 Å². The molecule has 3 nitrogen and oxygen atoms in total. The molecule has 6 heteroatoms. The summed E-state index contributed by atoms with van der Waals surface area (Å²) in [5.74, 6) is -0.290. The van der Waals surface area contributed by atoms with Crippen LogP contribution in [0, 0.1) is 5.82 Å². The molecular formula is C15H14BrFO3S. The number of benzene rings is 2. The molecule has 1 atom stereocenters. The Morgan fingerprint density at radius 3 is 2.38 bits per heavy atom. The van der Waals surface area contributed by atoms with Crippen LogP contribution < -0.4 is 4.74 Å². The number of sulfone groups is 1. The molecule has 2 rings (SSSR count). The third kappa shape index (κ3) is 3.63. The van der Waals surface area contributed by atoms with Gasteiger partial charge in [-0.1, -0.05) is 34.1 Å². The fraction of sp³-hybridized carbons (Fsp3) is 0.200. The summed E-state index contributed by atoms with van der Waals surface area (Å²) >= 11 is 3.47. The average Bonchev–Trinajstić information content (AvgIpc) is 2.45. The number of hydrogen-bond donors (Lipinski definition) is 0. The fourth-order valence-electron chi connectivity index (χ4n) is 1.94. The van der Waals surface area contributed by atoms with Crippen molar-refractivity contribution in [2.45, 2.75) is 9.72 Å². The van der Waals surface area contributed by atoms with Crippen molar-refractivity contribution < 1.29 is 17.5 Å². The molecular weight excluding hydrogens is 359 g/mol. The minimum absolute atomic E-state index is 0.170. The molecule has 0 radical (unpaired) electrons. The van der Waals surface area contributed by atoms with Gasteiger partial charge in [0.15, 0.2) is 21.4 Å². The van der Waals surface area contributed by atoms with Gasteiger partial charge < -0.3 is 4.74 Å². The average molecular weight is 373 g/mol. The predicted octanol–water partition coefficient (Wildman–Crippen LogP) is 3.72. The number of alkyl halides is 1. The van der Waals surface area contributed by atoms with Crippen LogP contribution in [-0.4, -0.2) is 21.8 Å². The van der Waals surface area contributed by atoms with Crippen molar-refractivity contribution in [2.24, 2.45) is 0 Å². The van der Waals surface area contributed by atoms with E-state index in [1.165, 1.54) is 19.2 Å². The van der Waals surface area contributed by atoms with Crippen molar-refractivity contribution in [1.82, 2.24) is 0 Å². The number of methoxy groups -OCH3 is 1. The van der Waals surface area contributed by atoms with E-state index in [1.807, 2.05) is 0 Å². The van der Waals surface area contributed by atoms with E-state index in [0.29, 0.717) is 5.56 Å². The lowest BCUT2D eigenvalue weighted by molar-refractivity contribution is 0.386. The standard InChI is InChI=1S/C15H14BrFO3S/c1-20-14-7-6-11(9-13(14)17)15(16)10-4-3-5-12(8-10)21(2,18)19/h3-9,15H,1-2H3. The zero-order valence-corrected chi connectivity index (χ0v) is 13.9. The van der Waals surface area contributed by atoms with Crippen LogP contribution in [0.5, 0.6) is 5.75 Å². The van der Waals surface area contributed by atoms with Crippen molar-refractivity contribution in [1.29, 1.82) is 0 Å². The van der Waals surface area contributed by atoms with Gasteiger partial charge in [-0.2, -0.15) is 0 Å². The van der Waals surface area contributed by atoms with Crippen LogP contribution in [0.4, 0.5) is 4.39 Å². The molecule has 0 heterocycles. The Kier molecular flexibility index (Phi) is 4.68. The van der Waals surface area contributed by atoms with Gasteiger partial charge in [-0.3, -0.25) is 0 Å². The lowest BCUT2D eigenvalue weighted by Gasteiger charge is -2.13. The van der Waals surface area contributed by atoms with Gasteiger partial charge in [0.05, 0.1) is 16.8 Å². The summed E-state index contributed by atoms with van der Waals surface area (Å²) in [5.41, 5.74) is 1.42. The molecule has 0 spiro atoms. The molecule has 0 aromatic heterocycles. The van der Waals surface area contributed by atoms with E-state index < -0.39 is 15.7 Å². The minimum Gasteiger partial charge on any atom is -0.494 e. The number of halogens is 2. The Morgan fingerprint density at radius 2 is 1.81 bits per heavy atom. The van der Waals surface area contributed by atoms with E-state index in [2.05, 4.69) is 15.9 Å². The monoisotopic (exact) mass is 372 g/mol. The largest absolute Gasteiger partial charge is 0.494 e. The smallest absolute Gasteiger partial charge is 0.175 e. The van der Waals surface area contributed by atoms with Crippen LogP contribution in [0.1, 0.15) is 16.0 Å². The molecule has 0 aliphatic rings. The van der Waals surface area contributed by atoms with E-state index in [4.69, 9.17) is 4.74 Å². The van der Waals surface area contributed by atoms with Gasteiger partial charge in [-0.05, 0) is 35.4 Å². The van der Waals surface area contributed by atoms with Gasteiger partial charge in [0.2, 0.25) is 0 Å². The topological polar surface area (TPSA) is 43.4 Å². The molecule has 2 aromatic carbocycles. The minimum atomic E-state index is -3.27. The molecule has 0 saturated carbocycles. The summed E-state index contributed by atoms with van der Waals surface area (Å²) in [6.07, 6.45) is 1.16. The van der Waals surface area contributed by atoms with Gasteiger partial charge in [-0.25, -0.2) is 12.8 Å². The maximum atomic E-state index is 13.8. The molecule has 2 aromatic rings. The number of rotatable bonds is 4. The first-order valence-electron chi connectivity index (χ1n) is 6.10. The summed E-state index contributed by atoms with van der Waals surface area (Å²) in [4.78, 5) is -0.0713. The van der Waals surface area contributed by atoms with Crippen LogP contribution >= 0.6 is 15.9 Å². The zero-order valence-electron chi connectivity index (χ0n) is 11.5. The number of hydrogen-bond acceptors (Lipinski definition) is 3. The Bertz CT molecular complexity index is 759. The van der Waals surface area contributed by atoms with Crippen LogP contribution in [-0.2, 0) is 9.84 Å². The van der Waals surface area contributed by atoms with E-state index in [-0.39, 0.29) is 15.5 Å². The highest BCUT2D eigenvalue weighted by Gasteiger charge is 2.15. The lowest BCUT2D eigenvalue weighted by Crippen LogP contribution is -2.00. The summed E-state index contributed by atoms with van der Waals surface area (Å²) in [5, 5.41) is 0. The van der Waals surface area contributed by atoms with Crippen LogP contribution in [0.25, 0.3) is 0 Å². The van der Waals surface area contributed by atoms with Gasteiger partial charge in [0, 0.05) is 6.26 Å². The van der Waals surface area contributed by atoms with E-state index in [9.17, 15) is 12.8 Å². The quantitative estimate of drug-likeness (QED) is 0.768. The Hall–Kier alpha value is -1.40. The van der Waals surface area contributed by atoms with Crippen LogP contribution in [0.15, 0.2) is 47.4 Å². The van der Waals surface area contributed by atoms with Gasteiger partial charge in [0.1, 0.15) is 0 Å². The third-order valence-corrected chi connectivity index (χ3v) is 5.21. The Morgan fingerprint density at radius 1 is 1.14 bits per heavy atom. The third-order valence-electron chi connectivity index (χ3n) is 3.05. The molecule has 0 aliphatic carbocycles. The summed E-state index contributed by atoms with van der Waals surface area (Å²) < 4.78 is 41.8. The van der Waals surface area contributed by atoms with Crippen molar-refractivity contribution in [2.75, 3.05) is 13.4 Å². The zero-order chi connectivity index (χ0) is 15.6. The fourth-order valence-corrected chi connectivity index (χ4v) is 3.18.